The van der Waals surface area contributed by atoms with Gasteiger partial charge in [-0.05, 0) is 0 Å². The van der Waals surface area contributed by atoms with Gasteiger partial charge in [-0.25, -0.2) is 13.8 Å². The third kappa shape index (κ3) is 2.39. The Morgan fingerprint density at radius 1 is 1.24 bits per heavy atom. The number of ether oxygens (including phenoxy) is 1. The second-order valence-corrected chi connectivity index (χ2v) is 3.16. The summed E-state index contributed by atoms with van der Waals surface area (Å²) in [7, 11) is 0. The van der Waals surface area contributed by atoms with Crippen molar-refractivity contribution in [3.63, 3.8) is 0 Å². The van der Waals surface area contributed by atoms with E-state index in [-0.39, 0.29) is 17.3 Å². The molecule has 88 valence electrons. The molecule has 17 heavy (non-hydrogen) atoms. The second kappa shape index (κ2) is 4.20. The highest BCUT2D eigenvalue weighted by atomic mass is 19.1. The minimum atomic E-state index is -0.802. The predicted molar refractivity (Wildman–Crippen MR) is 55.7 cm³/mol. The summed E-state index contributed by atoms with van der Waals surface area (Å²) in [4.78, 5) is 17.0. The number of nitrogens with two attached hydrogens (primary N) is 1. The van der Waals surface area contributed by atoms with Crippen LogP contribution in [0.15, 0.2) is 29.3 Å². The van der Waals surface area contributed by atoms with Crippen LogP contribution in [0.4, 0.5) is 14.5 Å². The zero-order valence-corrected chi connectivity index (χ0v) is 8.41. The maximum absolute atomic E-state index is 12.9. The summed E-state index contributed by atoms with van der Waals surface area (Å²) in [5.74, 6) is -1.95. The van der Waals surface area contributed by atoms with Crippen LogP contribution in [0.25, 0.3) is 0 Å². The molecule has 7 heteroatoms. The van der Waals surface area contributed by atoms with Crippen LogP contribution >= 0.6 is 0 Å². The van der Waals surface area contributed by atoms with Gasteiger partial charge in [-0.3, -0.25) is 4.79 Å². The van der Waals surface area contributed by atoms with Crippen LogP contribution in [0.5, 0.6) is 11.6 Å². The SMILES string of the molecule is Nc1c(Oc2cc(F)cc(F)c2)nc[nH]c1=O. The molecule has 0 radical (unpaired) electrons. The number of rotatable bonds is 2. The molecule has 3 N–H and O–H groups in total. The topological polar surface area (TPSA) is 81.0 Å². The van der Waals surface area contributed by atoms with Gasteiger partial charge in [0.25, 0.3) is 5.56 Å². The van der Waals surface area contributed by atoms with Crippen LogP contribution in [-0.2, 0) is 0 Å². The number of nitrogen functional groups attached to an aromatic ring is 1. The van der Waals surface area contributed by atoms with Crippen LogP contribution in [0.1, 0.15) is 0 Å². The maximum Gasteiger partial charge on any atom is 0.277 e. The van der Waals surface area contributed by atoms with Gasteiger partial charge >= 0.3 is 0 Å². The first-order valence-corrected chi connectivity index (χ1v) is 4.53. The van der Waals surface area contributed by atoms with E-state index in [0.717, 1.165) is 18.5 Å². The Morgan fingerprint density at radius 2 is 1.88 bits per heavy atom. The average molecular weight is 239 g/mol. The minimum Gasteiger partial charge on any atom is -0.437 e. The van der Waals surface area contributed by atoms with E-state index in [0.29, 0.717) is 6.07 Å². The van der Waals surface area contributed by atoms with Gasteiger partial charge in [0.15, 0.2) is 5.69 Å². The summed E-state index contributed by atoms with van der Waals surface area (Å²) in [6.45, 7) is 0. The average Bonchev–Trinajstić information content (AvgIpc) is 2.23. The molecular weight excluding hydrogens is 232 g/mol. The fourth-order valence-electron chi connectivity index (χ4n) is 1.17. The van der Waals surface area contributed by atoms with Gasteiger partial charge in [0.05, 0.1) is 6.33 Å². The fraction of sp³-hybridized carbons (Fsp3) is 0. The molecule has 0 atom stereocenters. The van der Waals surface area contributed by atoms with Crippen molar-refractivity contribution in [2.75, 3.05) is 5.73 Å². The van der Waals surface area contributed by atoms with E-state index in [1.807, 2.05) is 0 Å². The summed E-state index contributed by atoms with van der Waals surface area (Å²) >= 11 is 0. The molecule has 0 unspecified atom stereocenters. The molecule has 0 spiro atoms. The van der Waals surface area contributed by atoms with E-state index in [9.17, 15) is 13.6 Å². The summed E-state index contributed by atoms with van der Waals surface area (Å²) in [5, 5.41) is 0. The number of halogens is 2. The molecule has 0 aliphatic heterocycles. The van der Waals surface area contributed by atoms with Crippen LogP contribution < -0.4 is 16.0 Å². The first kappa shape index (κ1) is 11.1. The van der Waals surface area contributed by atoms with Gasteiger partial charge in [-0.2, -0.15) is 0 Å². The van der Waals surface area contributed by atoms with Crippen molar-refractivity contribution < 1.29 is 13.5 Å². The van der Waals surface area contributed by atoms with Gasteiger partial charge in [-0.1, -0.05) is 0 Å². The van der Waals surface area contributed by atoms with Gasteiger partial charge in [0.2, 0.25) is 5.88 Å². The Hall–Kier alpha value is -2.44. The number of aromatic amines is 1. The van der Waals surface area contributed by atoms with Gasteiger partial charge in [-0.15, -0.1) is 0 Å². The smallest absolute Gasteiger partial charge is 0.277 e. The number of hydrogen-bond acceptors (Lipinski definition) is 4. The highest BCUT2D eigenvalue weighted by Gasteiger charge is 2.08. The number of benzene rings is 1. The molecule has 0 saturated heterocycles. The van der Waals surface area contributed by atoms with Crippen molar-refractivity contribution >= 4 is 5.69 Å². The minimum absolute atomic E-state index is 0.132. The molecule has 2 rings (SSSR count). The second-order valence-electron chi connectivity index (χ2n) is 3.16. The molecule has 2 aromatic rings. The number of anilines is 1. The van der Waals surface area contributed by atoms with Crippen molar-refractivity contribution in [3.8, 4) is 11.6 Å². The number of nitrogens with zero attached hydrogens (tertiary/aromatic N) is 1. The van der Waals surface area contributed by atoms with Gasteiger partial charge < -0.3 is 15.5 Å². The van der Waals surface area contributed by atoms with Crippen LogP contribution in [-0.4, -0.2) is 9.97 Å². The highest BCUT2D eigenvalue weighted by molar-refractivity contribution is 5.46. The van der Waals surface area contributed by atoms with Crippen molar-refractivity contribution in [1.82, 2.24) is 9.97 Å². The molecule has 1 aromatic heterocycles. The van der Waals surface area contributed by atoms with E-state index in [4.69, 9.17) is 10.5 Å². The molecular formula is C10H7F2N3O2. The lowest BCUT2D eigenvalue weighted by Crippen LogP contribution is -2.13. The normalized spacial score (nSPS) is 10.2. The van der Waals surface area contributed by atoms with Crippen molar-refractivity contribution in [1.29, 1.82) is 0 Å². The van der Waals surface area contributed by atoms with Crippen molar-refractivity contribution in [2.45, 2.75) is 0 Å². The van der Waals surface area contributed by atoms with E-state index >= 15 is 0 Å². The van der Waals surface area contributed by atoms with Crippen molar-refractivity contribution in [2.24, 2.45) is 0 Å². The first-order valence-electron chi connectivity index (χ1n) is 4.53. The lowest BCUT2D eigenvalue weighted by Gasteiger charge is -2.06. The molecule has 0 fully saturated rings. The van der Waals surface area contributed by atoms with E-state index in [1.165, 1.54) is 0 Å². The molecule has 5 nitrogen and oxygen atoms in total. The molecule has 0 saturated carbocycles. The molecule has 1 aromatic carbocycles. The maximum atomic E-state index is 12.9. The van der Waals surface area contributed by atoms with Crippen LogP contribution in [0, 0.1) is 11.6 Å². The number of hydrogen-bond donors (Lipinski definition) is 2. The summed E-state index contributed by atoms with van der Waals surface area (Å²) in [6, 6.07) is 2.60. The monoisotopic (exact) mass is 239 g/mol. The third-order valence-electron chi connectivity index (χ3n) is 1.90. The Labute approximate surface area is 93.9 Å². The lowest BCUT2D eigenvalue weighted by molar-refractivity contribution is 0.452. The molecule has 0 aliphatic carbocycles. The number of nitrogens with one attached hydrogen (secondary N) is 1. The third-order valence-corrected chi connectivity index (χ3v) is 1.90. The lowest BCUT2D eigenvalue weighted by atomic mass is 10.3. The number of H-pyrrole nitrogens is 1. The van der Waals surface area contributed by atoms with Gasteiger partial charge in [0.1, 0.15) is 17.4 Å². The largest absolute Gasteiger partial charge is 0.437 e. The Morgan fingerprint density at radius 3 is 2.53 bits per heavy atom. The zero-order chi connectivity index (χ0) is 12.4. The molecule has 0 bridgehead atoms. The summed E-state index contributed by atoms with van der Waals surface area (Å²) in [5.41, 5.74) is 4.53. The van der Waals surface area contributed by atoms with E-state index in [1.54, 1.807) is 0 Å². The van der Waals surface area contributed by atoms with Crippen LogP contribution in [0.3, 0.4) is 0 Å². The van der Waals surface area contributed by atoms with Crippen LogP contribution in [0.2, 0.25) is 0 Å². The highest BCUT2D eigenvalue weighted by Crippen LogP contribution is 2.23. The molecule has 0 aliphatic rings. The van der Waals surface area contributed by atoms with E-state index in [2.05, 4.69) is 9.97 Å². The summed E-state index contributed by atoms with van der Waals surface area (Å²) < 4.78 is 30.8. The summed E-state index contributed by atoms with van der Waals surface area (Å²) in [6.07, 6.45) is 1.07. The molecule has 0 amide bonds. The zero-order valence-electron chi connectivity index (χ0n) is 8.41. The fourth-order valence-corrected chi connectivity index (χ4v) is 1.17. The Bertz CT molecular complexity index is 592. The quantitative estimate of drug-likeness (QED) is 0.830. The Balaban J connectivity index is 2.38. The first-order chi connectivity index (χ1) is 8.06. The van der Waals surface area contributed by atoms with Gasteiger partial charge in [0, 0.05) is 18.2 Å². The predicted octanol–water partition coefficient (Wildman–Crippen LogP) is 1.42. The molecule has 1 heterocycles. The standard InChI is InChI=1S/C10H7F2N3O2/c11-5-1-6(12)3-7(2-5)17-10-8(13)9(16)14-4-15-10/h1-4H,13H2,(H,14,15,16). The van der Waals surface area contributed by atoms with Crippen molar-refractivity contribution in [3.05, 3.63) is 46.5 Å². The number of aromatic nitrogens is 2. The Kier molecular flexibility index (Phi) is 2.73. The van der Waals surface area contributed by atoms with E-state index < -0.39 is 17.2 Å².